The number of pyridine rings is 2. The second kappa shape index (κ2) is 11.2. The fourth-order valence-corrected chi connectivity index (χ4v) is 4.95. The summed E-state index contributed by atoms with van der Waals surface area (Å²) in [6.45, 7) is 0.820. The number of benzene rings is 2. The van der Waals surface area contributed by atoms with E-state index in [1.807, 2.05) is 12.1 Å². The molecule has 1 atom stereocenters. The Labute approximate surface area is 237 Å². The summed E-state index contributed by atoms with van der Waals surface area (Å²) in [5, 5.41) is 9.80. The van der Waals surface area contributed by atoms with Gasteiger partial charge in [0.15, 0.2) is 0 Å². The van der Waals surface area contributed by atoms with Crippen LogP contribution in [0.15, 0.2) is 88.4 Å². The van der Waals surface area contributed by atoms with Crippen molar-refractivity contribution in [1.82, 2.24) is 19.8 Å². The van der Waals surface area contributed by atoms with E-state index in [1.54, 1.807) is 64.5 Å². The summed E-state index contributed by atoms with van der Waals surface area (Å²) in [5.41, 5.74) is 2.33. The maximum absolute atomic E-state index is 13.6. The Morgan fingerprint density at radius 3 is 2.56 bits per heavy atom. The van der Waals surface area contributed by atoms with Crippen LogP contribution in [0.5, 0.6) is 0 Å². The van der Waals surface area contributed by atoms with Crippen molar-refractivity contribution in [3.63, 3.8) is 0 Å². The summed E-state index contributed by atoms with van der Waals surface area (Å²) < 4.78 is 0.767. The minimum Gasteiger partial charge on any atom is -0.334 e. The Morgan fingerprint density at radius 2 is 1.85 bits per heavy atom. The van der Waals surface area contributed by atoms with Gasteiger partial charge in [-0.1, -0.05) is 35.9 Å². The molecular formula is C29H21BrClN5O3. The number of nitrogens with one attached hydrogen (secondary N) is 1. The molecular weight excluding hydrogens is 582 g/mol. The summed E-state index contributed by atoms with van der Waals surface area (Å²) in [7, 11) is 0. The predicted octanol–water partition coefficient (Wildman–Crippen LogP) is 5.06. The van der Waals surface area contributed by atoms with Gasteiger partial charge in [-0.05, 0) is 69.5 Å². The molecule has 2 aromatic carbocycles. The zero-order valence-corrected chi connectivity index (χ0v) is 22.8. The zero-order chi connectivity index (χ0) is 27.5. The summed E-state index contributed by atoms with van der Waals surface area (Å²) in [4.78, 5) is 50.0. The van der Waals surface area contributed by atoms with Crippen molar-refractivity contribution in [2.24, 2.45) is 0 Å². The first-order valence-electron chi connectivity index (χ1n) is 12.0. The van der Waals surface area contributed by atoms with Crippen LogP contribution in [0.1, 0.15) is 38.0 Å². The number of hydrogen-bond donors (Lipinski definition) is 1. The molecule has 10 heteroatoms. The predicted molar refractivity (Wildman–Crippen MR) is 150 cm³/mol. The normalized spacial score (nSPS) is 15.1. The molecule has 5 rings (SSSR count). The molecule has 1 aliphatic rings. The number of aromatic amines is 1. The van der Waals surface area contributed by atoms with Crippen LogP contribution in [0.25, 0.3) is 11.1 Å². The highest BCUT2D eigenvalue weighted by Gasteiger charge is 2.35. The Morgan fingerprint density at radius 1 is 1.05 bits per heavy atom. The van der Waals surface area contributed by atoms with Crippen LogP contribution in [-0.4, -0.2) is 51.2 Å². The number of nitriles is 1. The molecule has 0 bridgehead atoms. The van der Waals surface area contributed by atoms with Gasteiger partial charge in [0.1, 0.15) is 5.69 Å². The minimum atomic E-state index is -0.438. The largest absolute Gasteiger partial charge is 0.334 e. The fourth-order valence-electron chi connectivity index (χ4n) is 4.59. The van der Waals surface area contributed by atoms with Crippen molar-refractivity contribution in [3.8, 4) is 17.2 Å². The number of carbonyl (C=O) groups excluding carboxylic acids is 2. The maximum atomic E-state index is 13.6. The van der Waals surface area contributed by atoms with Crippen LogP contribution in [0, 0.1) is 11.3 Å². The topological polar surface area (TPSA) is 110 Å². The lowest BCUT2D eigenvalue weighted by Gasteiger charge is -2.41. The number of aromatic nitrogens is 2. The first kappa shape index (κ1) is 26.4. The molecule has 4 aromatic rings. The zero-order valence-electron chi connectivity index (χ0n) is 20.5. The lowest BCUT2D eigenvalue weighted by atomic mass is 10.00. The summed E-state index contributed by atoms with van der Waals surface area (Å²) >= 11 is 9.45. The van der Waals surface area contributed by atoms with Crippen LogP contribution in [-0.2, 0) is 0 Å². The van der Waals surface area contributed by atoms with Gasteiger partial charge in [-0.2, -0.15) is 5.26 Å². The maximum Gasteiger partial charge on any atom is 0.273 e. The molecule has 8 nitrogen and oxygen atoms in total. The number of amides is 2. The highest BCUT2D eigenvalue weighted by Crippen LogP contribution is 2.29. The summed E-state index contributed by atoms with van der Waals surface area (Å²) in [6, 6.07) is 20.4. The van der Waals surface area contributed by atoms with Crippen LogP contribution >= 0.6 is 27.5 Å². The first-order valence-corrected chi connectivity index (χ1v) is 13.2. The van der Waals surface area contributed by atoms with Crippen molar-refractivity contribution in [2.45, 2.75) is 6.04 Å². The highest BCUT2D eigenvalue weighted by molar-refractivity contribution is 9.10. The van der Waals surface area contributed by atoms with Gasteiger partial charge < -0.3 is 14.8 Å². The molecule has 194 valence electrons. The Bertz CT molecular complexity index is 1650. The molecule has 0 aliphatic carbocycles. The smallest absolute Gasteiger partial charge is 0.273 e. The van der Waals surface area contributed by atoms with Crippen molar-refractivity contribution < 1.29 is 9.59 Å². The minimum absolute atomic E-state index is 0.237. The molecule has 0 saturated carbocycles. The van der Waals surface area contributed by atoms with Gasteiger partial charge in [0.2, 0.25) is 0 Å². The van der Waals surface area contributed by atoms with Gasteiger partial charge >= 0.3 is 0 Å². The number of rotatable bonds is 4. The van der Waals surface area contributed by atoms with Crippen LogP contribution in [0.3, 0.4) is 0 Å². The third-order valence-corrected chi connectivity index (χ3v) is 7.30. The van der Waals surface area contributed by atoms with Crippen LogP contribution < -0.4 is 5.56 Å². The molecule has 1 saturated heterocycles. The summed E-state index contributed by atoms with van der Waals surface area (Å²) in [5.74, 6) is -0.519. The lowest BCUT2D eigenvalue weighted by Crippen LogP contribution is -2.52. The van der Waals surface area contributed by atoms with Crippen LogP contribution in [0.4, 0.5) is 0 Å². The van der Waals surface area contributed by atoms with Crippen molar-refractivity contribution in [3.05, 3.63) is 121 Å². The van der Waals surface area contributed by atoms with E-state index in [0.29, 0.717) is 39.5 Å². The second-order valence-electron chi connectivity index (χ2n) is 9.00. The third-order valence-electron chi connectivity index (χ3n) is 6.58. The van der Waals surface area contributed by atoms with Crippen molar-refractivity contribution >= 4 is 39.3 Å². The molecule has 1 aliphatic heterocycles. The monoisotopic (exact) mass is 601 g/mol. The third kappa shape index (κ3) is 5.62. The Hall–Kier alpha value is -4.26. The molecule has 2 amide bonds. The standard InChI is InChI=1S/C29H21BrClN5O3/c30-22-6-9-25(33-16-22)29(39)36-11-10-35(17-26(36)19-4-7-23(31)8-5-19)28(38)21-13-24(27(37)34-15-21)20-3-1-2-18(12-20)14-32/h1-9,12-13,15-16,26H,10-11,17H2,(H,34,37)/t26-/m1/s1. The van der Waals surface area contributed by atoms with Gasteiger partial charge in [0.05, 0.1) is 23.2 Å². The molecule has 0 radical (unpaired) electrons. The van der Waals surface area contributed by atoms with Crippen molar-refractivity contribution in [2.75, 3.05) is 19.6 Å². The molecule has 1 N–H and O–H groups in total. The van der Waals surface area contributed by atoms with E-state index in [1.165, 1.54) is 12.3 Å². The highest BCUT2D eigenvalue weighted by atomic mass is 79.9. The number of H-pyrrole nitrogens is 1. The van der Waals surface area contributed by atoms with Gasteiger partial charge in [-0.3, -0.25) is 14.4 Å². The van der Waals surface area contributed by atoms with E-state index >= 15 is 0 Å². The molecule has 1 fully saturated rings. The Kier molecular flexibility index (Phi) is 7.59. The molecule has 39 heavy (non-hydrogen) atoms. The molecule has 0 unspecified atom stereocenters. The van der Waals surface area contributed by atoms with E-state index in [0.717, 1.165) is 10.0 Å². The van der Waals surface area contributed by atoms with Crippen molar-refractivity contribution in [1.29, 1.82) is 5.26 Å². The number of nitrogens with zero attached hydrogens (tertiary/aromatic N) is 4. The number of carbonyl (C=O) groups is 2. The number of piperazine rings is 1. The number of halogens is 2. The average molecular weight is 603 g/mol. The molecule has 0 spiro atoms. The fraction of sp³-hybridized carbons (Fsp3) is 0.138. The van der Waals surface area contributed by atoms with E-state index < -0.39 is 6.04 Å². The van der Waals surface area contributed by atoms with Gasteiger partial charge in [-0.25, -0.2) is 4.98 Å². The SMILES string of the molecule is N#Cc1cccc(-c2cc(C(=O)N3CCN(C(=O)c4ccc(Br)cn4)[C@@H](c4ccc(Cl)cc4)C3)c[nH]c2=O)c1. The van der Waals surface area contributed by atoms with Crippen LogP contribution in [0.2, 0.25) is 5.02 Å². The quantitative estimate of drug-likeness (QED) is 0.351. The second-order valence-corrected chi connectivity index (χ2v) is 10.4. The Balaban J connectivity index is 1.45. The van der Waals surface area contributed by atoms with Gasteiger partial charge in [-0.15, -0.1) is 0 Å². The molecule has 2 aromatic heterocycles. The lowest BCUT2D eigenvalue weighted by molar-refractivity contribution is 0.0379. The van der Waals surface area contributed by atoms with E-state index in [-0.39, 0.29) is 30.5 Å². The van der Waals surface area contributed by atoms with E-state index in [9.17, 15) is 19.6 Å². The first-order chi connectivity index (χ1) is 18.8. The van der Waals surface area contributed by atoms with E-state index in [4.69, 9.17) is 11.6 Å². The summed E-state index contributed by atoms with van der Waals surface area (Å²) in [6.07, 6.45) is 2.97. The van der Waals surface area contributed by atoms with E-state index in [2.05, 4.69) is 32.0 Å². The van der Waals surface area contributed by atoms with Gasteiger partial charge in [0.25, 0.3) is 17.4 Å². The van der Waals surface area contributed by atoms with Gasteiger partial charge in [0, 0.05) is 47.1 Å². The number of hydrogen-bond acceptors (Lipinski definition) is 5. The molecule has 3 heterocycles. The average Bonchev–Trinajstić information content (AvgIpc) is 2.97.